The molecule has 2 amide bonds. The van der Waals surface area contributed by atoms with Gasteiger partial charge < -0.3 is 24.7 Å². The first kappa shape index (κ1) is 18.8. The van der Waals surface area contributed by atoms with Crippen molar-refractivity contribution in [3.8, 4) is 5.75 Å². The lowest BCUT2D eigenvalue weighted by Crippen LogP contribution is -2.57. The number of halogens is 3. The van der Waals surface area contributed by atoms with Crippen LogP contribution in [0.2, 0.25) is 5.02 Å². The predicted molar refractivity (Wildman–Crippen MR) is 87.2 cm³/mol. The smallest absolute Gasteiger partial charge is 0.407 e. The second kappa shape index (κ2) is 7.54. The third-order valence-corrected chi connectivity index (χ3v) is 5.16. The molecule has 7 nitrogen and oxygen atoms in total. The van der Waals surface area contributed by atoms with Gasteiger partial charge in [-0.2, -0.15) is 0 Å². The molecule has 0 bridgehead atoms. The number of carboxylic acid groups (broad SMARTS) is 1. The number of aliphatic hydroxyl groups is 1. The number of piperazine rings is 1. The molecule has 24 heavy (non-hydrogen) atoms. The number of nitrogens with zero attached hydrogens (tertiary/aromatic N) is 2. The second-order valence-corrected chi connectivity index (χ2v) is 6.30. The molecular weight excluding hydrogens is 411 g/mol. The Morgan fingerprint density at radius 1 is 1.50 bits per heavy atom. The van der Waals surface area contributed by atoms with E-state index in [2.05, 4.69) is 15.9 Å². The molecule has 132 valence electrons. The van der Waals surface area contributed by atoms with Gasteiger partial charge in [0.05, 0.1) is 34.8 Å². The highest BCUT2D eigenvalue weighted by molar-refractivity contribution is 9.10. The van der Waals surface area contributed by atoms with Crippen molar-refractivity contribution in [2.75, 3.05) is 33.4 Å². The van der Waals surface area contributed by atoms with Gasteiger partial charge in [-0.1, -0.05) is 11.6 Å². The number of carbonyl (C=O) groups is 2. The molecule has 1 saturated heterocycles. The number of methoxy groups -OCH3 is 1. The van der Waals surface area contributed by atoms with E-state index in [-0.39, 0.29) is 40.4 Å². The second-order valence-electron chi connectivity index (χ2n) is 5.13. The van der Waals surface area contributed by atoms with Crippen LogP contribution in [0.4, 0.5) is 9.18 Å². The molecule has 1 heterocycles. The van der Waals surface area contributed by atoms with Crippen molar-refractivity contribution in [1.29, 1.82) is 0 Å². The minimum atomic E-state index is -1.14. The quantitative estimate of drug-likeness (QED) is 0.724. The van der Waals surface area contributed by atoms with E-state index in [0.717, 1.165) is 4.90 Å². The Balaban J connectivity index is 2.35. The van der Waals surface area contributed by atoms with Crippen molar-refractivity contribution >= 4 is 39.5 Å². The topological polar surface area (TPSA) is 90.3 Å². The molecule has 1 aliphatic rings. The van der Waals surface area contributed by atoms with Crippen LogP contribution in [0.5, 0.6) is 5.75 Å². The van der Waals surface area contributed by atoms with Crippen LogP contribution in [0, 0.1) is 5.82 Å². The maximum Gasteiger partial charge on any atom is 0.407 e. The Morgan fingerprint density at radius 2 is 2.17 bits per heavy atom. The summed E-state index contributed by atoms with van der Waals surface area (Å²) < 4.78 is 19.6. The highest BCUT2D eigenvalue weighted by atomic mass is 79.9. The van der Waals surface area contributed by atoms with Crippen molar-refractivity contribution in [3.63, 3.8) is 0 Å². The fourth-order valence-electron chi connectivity index (χ4n) is 2.49. The Bertz CT molecular complexity index is 675. The molecule has 0 spiro atoms. The van der Waals surface area contributed by atoms with Crippen molar-refractivity contribution in [1.82, 2.24) is 9.80 Å². The zero-order valence-corrected chi connectivity index (χ0v) is 15.0. The van der Waals surface area contributed by atoms with Crippen molar-refractivity contribution in [2.24, 2.45) is 0 Å². The number of amides is 2. The number of ether oxygens (including phenoxy) is 1. The highest BCUT2D eigenvalue weighted by Crippen LogP contribution is 2.37. The molecule has 0 aliphatic carbocycles. The van der Waals surface area contributed by atoms with E-state index < -0.39 is 30.5 Å². The van der Waals surface area contributed by atoms with Crippen LogP contribution in [-0.2, 0) is 0 Å². The van der Waals surface area contributed by atoms with Gasteiger partial charge in [0, 0.05) is 19.6 Å². The zero-order valence-electron chi connectivity index (χ0n) is 12.6. The van der Waals surface area contributed by atoms with Crippen molar-refractivity contribution in [2.45, 2.75) is 6.04 Å². The predicted octanol–water partition coefficient (Wildman–Crippen LogP) is 2.05. The van der Waals surface area contributed by atoms with Crippen molar-refractivity contribution in [3.05, 3.63) is 26.9 Å². The zero-order chi connectivity index (χ0) is 18.0. The van der Waals surface area contributed by atoms with Gasteiger partial charge in [-0.05, 0) is 22.0 Å². The summed E-state index contributed by atoms with van der Waals surface area (Å²) in [6.45, 7) is -0.397. The maximum atomic E-state index is 14.4. The number of rotatable bonds is 3. The minimum Gasteiger partial charge on any atom is -0.495 e. The van der Waals surface area contributed by atoms with Crippen LogP contribution in [-0.4, -0.2) is 71.4 Å². The number of hydrogen-bond donors (Lipinski definition) is 2. The first-order valence-corrected chi connectivity index (χ1v) is 8.10. The maximum absolute atomic E-state index is 14.4. The highest BCUT2D eigenvalue weighted by Gasteiger charge is 2.34. The van der Waals surface area contributed by atoms with E-state index >= 15 is 0 Å². The van der Waals surface area contributed by atoms with Gasteiger partial charge >= 0.3 is 6.09 Å². The summed E-state index contributed by atoms with van der Waals surface area (Å²) in [6.07, 6.45) is -1.14. The molecule has 2 N–H and O–H groups in total. The summed E-state index contributed by atoms with van der Waals surface area (Å²) in [5.41, 5.74) is -0.303. The fourth-order valence-corrected chi connectivity index (χ4v) is 3.14. The molecule has 2 rings (SSSR count). The van der Waals surface area contributed by atoms with Gasteiger partial charge in [0.1, 0.15) is 5.75 Å². The SMILES string of the molecule is COc1cc(C(=O)N2CCN(C(=O)O)C[C@@H]2CO)c(F)c(Cl)c1Br. The average molecular weight is 426 g/mol. The lowest BCUT2D eigenvalue weighted by atomic mass is 10.1. The Morgan fingerprint density at radius 3 is 2.71 bits per heavy atom. The molecule has 1 aliphatic heterocycles. The summed E-state index contributed by atoms with van der Waals surface area (Å²) in [7, 11) is 1.35. The Kier molecular flexibility index (Phi) is 5.89. The van der Waals surface area contributed by atoms with Gasteiger partial charge in [0.25, 0.3) is 5.91 Å². The first-order valence-electron chi connectivity index (χ1n) is 6.93. The van der Waals surface area contributed by atoms with E-state index in [4.69, 9.17) is 21.4 Å². The van der Waals surface area contributed by atoms with Gasteiger partial charge in [0.15, 0.2) is 5.82 Å². The molecule has 1 aromatic carbocycles. The standard InChI is InChI=1S/C14H15BrClFN2O5/c1-24-9-4-8(12(17)11(16)10(9)15)13(21)19-3-2-18(14(22)23)5-7(19)6-20/h4,7,20H,2-3,5-6H2,1H3,(H,22,23)/t7-/m1/s1. The van der Waals surface area contributed by atoms with Gasteiger partial charge in [-0.3, -0.25) is 4.79 Å². The molecule has 1 aromatic rings. The number of hydrogen-bond acceptors (Lipinski definition) is 4. The minimum absolute atomic E-state index is 0.0335. The summed E-state index contributed by atoms with van der Waals surface area (Å²) in [5.74, 6) is -1.41. The summed E-state index contributed by atoms with van der Waals surface area (Å²) in [5, 5.41) is 18.2. The third-order valence-electron chi connectivity index (χ3n) is 3.79. The van der Waals surface area contributed by atoms with E-state index in [1.165, 1.54) is 18.1 Å². The van der Waals surface area contributed by atoms with E-state index in [0.29, 0.717) is 0 Å². The molecular formula is C14H15BrClFN2O5. The summed E-state index contributed by atoms with van der Waals surface area (Å²) >= 11 is 8.96. The van der Waals surface area contributed by atoms with Gasteiger partial charge in [-0.25, -0.2) is 9.18 Å². The summed E-state index contributed by atoms with van der Waals surface area (Å²) in [4.78, 5) is 26.0. The van der Waals surface area contributed by atoms with Gasteiger partial charge in [-0.15, -0.1) is 0 Å². The Labute approximate surface area is 150 Å². The van der Waals surface area contributed by atoms with Crippen molar-refractivity contribution < 1.29 is 28.9 Å². The Hall–Kier alpha value is -1.58. The lowest BCUT2D eigenvalue weighted by Gasteiger charge is -2.39. The first-order chi connectivity index (χ1) is 11.3. The van der Waals surface area contributed by atoms with Crippen LogP contribution in [0.3, 0.4) is 0 Å². The van der Waals surface area contributed by atoms with Crippen LogP contribution >= 0.6 is 27.5 Å². The summed E-state index contributed by atoms with van der Waals surface area (Å²) in [6, 6.07) is 0.446. The van der Waals surface area contributed by atoms with E-state index in [1.54, 1.807) is 0 Å². The molecule has 0 radical (unpaired) electrons. The molecule has 1 atom stereocenters. The molecule has 0 unspecified atom stereocenters. The van der Waals surface area contributed by atoms with E-state index in [1.807, 2.05) is 0 Å². The van der Waals surface area contributed by atoms with Crippen LogP contribution < -0.4 is 4.74 Å². The fraction of sp³-hybridized carbons (Fsp3) is 0.429. The van der Waals surface area contributed by atoms with Crippen LogP contribution in [0.1, 0.15) is 10.4 Å². The molecule has 0 saturated carbocycles. The number of carbonyl (C=O) groups excluding carboxylic acids is 1. The monoisotopic (exact) mass is 424 g/mol. The number of aliphatic hydroxyl groups excluding tert-OH is 1. The van der Waals surface area contributed by atoms with Crippen LogP contribution in [0.25, 0.3) is 0 Å². The molecule has 10 heteroatoms. The van der Waals surface area contributed by atoms with Crippen LogP contribution in [0.15, 0.2) is 10.5 Å². The largest absolute Gasteiger partial charge is 0.495 e. The van der Waals surface area contributed by atoms with Gasteiger partial charge in [0.2, 0.25) is 0 Å². The normalized spacial score (nSPS) is 17.8. The third kappa shape index (κ3) is 3.42. The van der Waals surface area contributed by atoms with E-state index in [9.17, 15) is 19.1 Å². The molecule has 1 fully saturated rings. The average Bonchev–Trinajstić information content (AvgIpc) is 2.58. The lowest BCUT2D eigenvalue weighted by molar-refractivity contribution is 0.0306. The molecule has 0 aromatic heterocycles. The number of benzene rings is 1.